The topological polar surface area (TPSA) is 44.5 Å². The van der Waals surface area contributed by atoms with Crippen molar-refractivity contribution >= 4 is 0 Å². The molecule has 0 aromatic heterocycles. The van der Waals surface area contributed by atoms with Crippen LogP contribution in [0.1, 0.15) is 18.9 Å². The van der Waals surface area contributed by atoms with Crippen LogP contribution in [0.25, 0.3) is 0 Å². The zero-order valence-corrected chi connectivity index (χ0v) is 9.95. The molecule has 0 heterocycles. The first-order chi connectivity index (χ1) is 8.02. The van der Waals surface area contributed by atoms with Gasteiger partial charge in [-0.2, -0.15) is 8.78 Å². The maximum atomic E-state index is 12.2. The number of aryl methyl sites for hydroxylation is 1. The van der Waals surface area contributed by atoms with E-state index in [1.54, 1.807) is 12.1 Å². The van der Waals surface area contributed by atoms with Gasteiger partial charge in [-0.25, -0.2) is 0 Å². The van der Waals surface area contributed by atoms with Crippen LogP contribution < -0.4 is 15.2 Å². The lowest BCUT2D eigenvalue weighted by atomic mass is 10.1. The molecule has 0 fully saturated rings. The largest absolute Gasteiger partial charge is 0.493 e. The van der Waals surface area contributed by atoms with Crippen molar-refractivity contribution in [3.8, 4) is 11.5 Å². The molecule has 1 aromatic carbocycles. The Morgan fingerprint density at radius 3 is 2.53 bits per heavy atom. The molecule has 17 heavy (non-hydrogen) atoms. The average Bonchev–Trinajstić information content (AvgIpc) is 2.25. The quantitative estimate of drug-likeness (QED) is 0.837. The predicted octanol–water partition coefficient (Wildman–Crippen LogP) is 2.58. The number of hydrogen-bond acceptors (Lipinski definition) is 3. The summed E-state index contributed by atoms with van der Waals surface area (Å²) in [5.74, 6) is 0.361. The number of methoxy groups -OCH3 is 1. The van der Waals surface area contributed by atoms with Gasteiger partial charge in [0.1, 0.15) is 0 Å². The first-order valence-corrected chi connectivity index (χ1v) is 5.40. The van der Waals surface area contributed by atoms with E-state index < -0.39 is 6.61 Å². The van der Waals surface area contributed by atoms with Crippen LogP contribution in [0, 0.1) is 0 Å². The predicted molar refractivity (Wildman–Crippen MR) is 61.6 cm³/mol. The summed E-state index contributed by atoms with van der Waals surface area (Å²) in [6, 6.07) is 5.08. The number of halogens is 2. The molecule has 0 aliphatic rings. The molecule has 96 valence electrons. The van der Waals surface area contributed by atoms with Gasteiger partial charge in [-0.15, -0.1) is 0 Å². The lowest BCUT2D eigenvalue weighted by Gasteiger charge is -2.12. The minimum Gasteiger partial charge on any atom is -0.493 e. The van der Waals surface area contributed by atoms with Gasteiger partial charge in [0.2, 0.25) is 0 Å². The van der Waals surface area contributed by atoms with E-state index in [9.17, 15) is 8.78 Å². The molecule has 2 N–H and O–H groups in total. The van der Waals surface area contributed by atoms with Crippen molar-refractivity contribution in [2.24, 2.45) is 5.73 Å². The Morgan fingerprint density at radius 1 is 1.29 bits per heavy atom. The standard InChI is InChI=1S/C12H17F2NO2/c1-8(15)3-4-9-5-6-10(16-2)11(7-9)17-12(13)14/h5-8,12H,3-4,15H2,1-2H3. The maximum Gasteiger partial charge on any atom is 0.387 e. The molecule has 0 amide bonds. The van der Waals surface area contributed by atoms with E-state index in [4.69, 9.17) is 10.5 Å². The molecular formula is C12H17F2NO2. The van der Waals surface area contributed by atoms with Crippen LogP contribution in [0.2, 0.25) is 0 Å². The fourth-order valence-corrected chi connectivity index (χ4v) is 1.46. The Kier molecular flexibility index (Phi) is 5.15. The Bertz CT molecular complexity index is 356. The van der Waals surface area contributed by atoms with Crippen LogP contribution in [0.4, 0.5) is 8.78 Å². The van der Waals surface area contributed by atoms with Crippen LogP contribution in [0.5, 0.6) is 11.5 Å². The summed E-state index contributed by atoms with van der Waals surface area (Å²) in [5, 5.41) is 0. The van der Waals surface area contributed by atoms with Crippen molar-refractivity contribution in [3.63, 3.8) is 0 Å². The third kappa shape index (κ3) is 4.56. The van der Waals surface area contributed by atoms with Crippen LogP contribution in [-0.2, 0) is 6.42 Å². The van der Waals surface area contributed by atoms with Gasteiger partial charge in [-0.3, -0.25) is 0 Å². The summed E-state index contributed by atoms with van der Waals surface area (Å²) in [6.45, 7) is -0.951. The second-order valence-electron chi connectivity index (χ2n) is 3.88. The smallest absolute Gasteiger partial charge is 0.387 e. The van der Waals surface area contributed by atoms with E-state index in [0.717, 1.165) is 18.4 Å². The summed E-state index contributed by atoms with van der Waals surface area (Å²) in [7, 11) is 1.41. The highest BCUT2D eigenvalue weighted by molar-refractivity contribution is 5.43. The van der Waals surface area contributed by atoms with Crippen LogP contribution in [0.3, 0.4) is 0 Å². The molecule has 0 saturated carbocycles. The molecule has 0 saturated heterocycles. The first-order valence-electron chi connectivity index (χ1n) is 5.40. The minimum absolute atomic E-state index is 0.0599. The van der Waals surface area contributed by atoms with Crippen molar-refractivity contribution < 1.29 is 18.3 Å². The van der Waals surface area contributed by atoms with Gasteiger partial charge in [-0.1, -0.05) is 6.07 Å². The molecule has 3 nitrogen and oxygen atoms in total. The van der Waals surface area contributed by atoms with Crippen LogP contribution in [0.15, 0.2) is 18.2 Å². The van der Waals surface area contributed by atoms with Gasteiger partial charge in [0, 0.05) is 6.04 Å². The van der Waals surface area contributed by atoms with Crippen molar-refractivity contribution in [1.82, 2.24) is 0 Å². The molecule has 5 heteroatoms. The molecule has 1 atom stereocenters. The molecule has 0 aliphatic carbocycles. The van der Waals surface area contributed by atoms with E-state index in [0.29, 0.717) is 5.75 Å². The van der Waals surface area contributed by atoms with Crippen molar-refractivity contribution in [3.05, 3.63) is 23.8 Å². The number of ether oxygens (including phenoxy) is 2. The molecule has 1 unspecified atom stereocenters. The van der Waals surface area contributed by atoms with E-state index in [1.807, 2.05) is 13.0 Å². The molecule has 0 aliphatic heterocycles. The summed E-state index contributed by atoms with van der Waals surface area (Å²) < 4.78 is 33.7. The number of alkyl halides is 2. The number of benzene rings is 1. The lowest BCUT2D eigenvalue weighted by molar-refractivity contribution is -0.0512. The molecule has 1 aromatic rings. The summed E-state index contributed by atoms with van der Waals surface area (Å²) in [4.78, 5) is 0. The van der Waals surface area contributed by atoms with Gasteiger partial charge in [0.15, 0.2) is 11.5 Å². The SMILES string of the molecule is COc1ccc(CCC(C)N)cc1OC(F)F. The molecule has 0 radical (unpaired) electrons. The van der Waals surface area contributed by atoms with E-state index in [2.05, 4.69) is 4.74 Å². The van der Waals surface area contributed by atoms with Crippen molar-refractivity contribution in [1.29, 1.82) is 0 Å². The highest BCUT2D eigenvalue weighted by Crippen LogP contribution is 2.29. The normalized spacial score (nSPS) is 12.6. The van der Waals surface area contributed by atoms with Gasteiger partial charge in [0.25, 0.3) is 0 Å². The maximum absolute atomic E-state index is 12.2. The Morgan fingerprint density at radius 2 is 2.00 bits per heavy atom. The highest BCUT2D eigenvalue weighted by Gasteiger charge is 2.11. The number of hydrogen-bond donors (Lipinski definition) is 1. The molecule has 0 spiro atoms. The van der Waals surface area contributed by atoms with E-state index >= 15 is 0 Å². The monoisotopic (exact) mass is 245 g/mol. The van der Waals surface area contributed by atoms with Crippen LogP contribution in [-0.4, -0.2) is 19.8 Å². The molecule has 1 rings (SSSR count). The fraction of sp³-hybridized carbons (Fsp3) is 0.500. The third-order valence-corrected chi connectivity index (χ3v) is 2.33. The Labute approximate surface area is 99.5 Å². The van der Waals surface area contributed by atoms with E-state index in [-0.39, 0.29) is 11.8 Å². The Hall–Kier alpha value is -1.36. The summed E-state index contributed by atoms with van der Waals surface area (Å²) in [6.07, 6.45) is 1.52. The van der Waals surface area contributed by atoms with Gasteiger partial charge in [-0.05, 0) is 37.5 Å². The molecule has 0 bridgehead atoms. The minimum atomic E-state index is -2.85. The third-order valence-electron chi connectivity index (χ3n) is 2.33. The van der Waals surface area contributed by atoms with Crippen LogP contribution >= 0.6 is 0 Å². The fourth-order valence-electron chi connectivity index (χ4n) is 1.46. The van der Waals surface area contributed by atoms with Crippen molar-refractivity contribution in [2.75, 3.05) is 7.11 Å². The van der Waals surface area contributed by atoms with Gasteiger partial charge >= 0.3 is 6.61 Å². The lowest BCUT2D eigenvalue weighted by Crippen LogP contribution is -2.15. The molecular weight excluding hydrogens is 228 g/mol. The first kappa shape index (κ1) is 13.7. The highest BCUT2D eigenvalue weighted by atomic mass is 19.3. The Balaban J connectivity index is 2.80. The average molecular weight is 245 g/mol. The zero-order chi connectivity index (χ0) is 12.8. The summed E-state index contributed by atoms with van der Waals surface area (Å²) in [5.41, 5.74) is 6.54. The van der Waals surface area contributed by atoms with Crippen molar-refractivity contribution in [2.45, 2.75) is 32.4 Å². The van der Waals surface area contributed by atoms with Gasteiger partial charge < -0.3 is 15.2 Å². The van der Waals surface area contributed by atoms with Gasteiger partial charge in [0.05, 0.1) is 7.11 Å². The zero-order valence-electron chi connectivity index (χ0n) is 9.95. The second-order valence-corrected chi connectivity index (χ2v) is 3.88. The van der Waals surface area contributed by atoms with E-state index in [1.165, 1.54) is 7.11 Å². The second kappa shape index (κ2) is 6.39. The number of rotatable bonds is 6. The summed E-state index contributed by atoms with van der Waals surface area (Å²) >= 11 is 0. The number of nitrogens with two attached hydrogens (primary N) is 1.